The van der Waals surface area contributed by atoms with E-state index >= 15 is 0 Å². The Bertz CT molecular complexity index is 857. The maximum atomic E-state index is 12.3. The Morgan fingerprint density at radius 1 is 1.32 bits per heavy atom. The predicted octanol–water partition coefficient (Wildman–Crippen LogP) is 2.97. The van der Waals surface area contributed by atoms with Gasteiger partial charge in [0.05, 0.1) is 12.0 Å². The van der Waals surface area contributed by atoms with Gasteiger partial charge in [-0.3, -0.25) is 19.7 Å². The average molecular weight is 408 g/mol. The van der Waals surface area contributed by atoms with Gasteiger partial charge in [0.25, 0.3) is 5.91 Å². The first-order valence-electron chi connectivity index (χ1n) is 7.45. The summed E-state index contributed by atoms with van der Waals surface area (Å²) in [6, 6.07) is 7.94. The largest absolute Gasteiger partial charge is 0.433 e. The number of benzene rings is 1. The van der Waals surface area contributed by atoms with Gasteiger partial charge in [0.2, 0.25) is 5.91 Å². The van der Waals surface area contributed by atoms with E-state index in [4.69, 9.17) is 4.42 Å². The van der Waals surface area contributed by atoms with Gasteiger partial charge in [-0.05, 0) is 36.8 Å². The molecule has 0 bridgehead atoms. The number of furan rings is 1. The molecule has 8 nitrogen and oxygen atoms in total. The smallest absolute Gasteiger partial charge is 0.395 e. The summed E-state index contributed by atoms with van der Waals surface area (Å²) in [5.41, 5.74) is 1.65. The van der Waals surface area contributed by atoms with Gasteiger partial charge in [0.1, 0.15) is 4.92 Å². The molecule has 1 aliphatic rings. The van der Waals surface area contributed by atoms with Crippen molar-refractivity contribution in [2.24, 2.45) is 5.92 Å². The van der Waals surface area contributed by atoms with Gasteiger partial charge in [-0.25, -0.2) is 0 Å². The van der Waals surface area contributed by atoms with Crippen LogP contribution in [0.3, 0.4) is 0 Å². The number of likely N-dealkylation sites (tertiary alicyclic amines) is 1. The third kappa shape index (κ3) is 3.55. The number of rotatable bonds is 4. The Labute approximate surface area is 151 Å². The van der Waals surface area contributed by atoms with E-state index in [1.165, 1.54) is 11.0 Å². The van der Waals surface area contributed by atoms with Gasteiger partial charge in [0, 0.05) is 23.2 Å². The van der Waals surface area contributed by atoms with Crippen LogP contribution < -0.4 is 5.32 Å². The van der Waals surface area contributed by atoms with Crippen LogP contribution in [0, 0.1) is 23.0 Å². The molecule has 9 heteroatoms. The SMILES string of the molecule is Cc1cc(Br)ccc1NC(=O)C1CN(C(=O)c2ccc([N+](=O)[O-])o2)C1. The van der Waals surface area contributed by atoms with E-state index in [0.717, 1.165) is 21.8 Å². The van der Waals surface area contributed by atoms with Crippen molar-refractivity contribution in [1.29, 1.82) is 0 Å². The van der Waals surface area contributed by atoms with E-state index in [9.17, 15) is 19.7 Å². The summed E-state index contributed by atoms with van der Waals surface area (Å²) in [4.78, 5) is 35.7. The molecule has 2 heterocycles. The van der Waals surface area contributed by atoms with Crippen LogP contribution >= 0.6 is 15.9 Å². The molecule has 0 spiro atoms. The lowest BCUT2D eigenvalue weighted by Crippen LogP contribution is -2.54. The maximum absolute atomic E-state index is 12.3. The zero-order valence-electron chi connectivity index (χ0n) is 13.2. The third-order valence-electron chi connectivity index (χ3n) is 3.97. The summed E-state index contributed by atoms with van der Waals surface area (Å²) in [5, 5.41) is 13.4. The number of nitrogens with one attached hydrogen (secondary N) is 1. The molecule has 0 saturated carbocycles. The molecule has 25 heavy (non-hydrogen) atoms. The fraction of sp³-hybridized carbons (Fsp3) is 0.250. The highest BCUT2D eigenvalue weighted by molar-refractivity contribution is 9.10. The van der Waals surface area contributed by atoms with Crippen molar-refractivity contribution in [3.05, 3.63) is 56.2 Å². The van der Waals surface area contributed by atoms with Gasteiger partial charge >= 0.3 is 5.88 Å². The topological polar surface area (TPSA) is 106 Å². The molecule has 2 aromatic rings. The Hall–Kier alpha value is -2.68. The second kappa shape index (κ2) is 6.67. The van der Waals surface area contributed by atoms with E-state index in [1.54, 1.807) is 6.07 Å². The maximum Gasteiger partial charge on any atom is 0.433 e. The van der Waals surface area contributed by atoms with Crippen molar-refractivity contribution < 1.29 is 18.9 Å². The first-order valence-corrected chi connectivity index (χ1v) is 8.25. The minimum absolute atomic E-state index is 0.102. The molecule has 0 aliphatic carbocycles. The highest BCUT2D eigenvalue weighted by atomic mass is 79.9. The zero-order chi connectivity index (χ0) is 18.1. The van der Waals surface area contributed by atoms with E-state index < -0.39 is 16.7 Å². The molecule has 1 aliphatic heterocycles. The van der Waals surface area contributed by atoms with Crippen LogP contribution in [-0.2, 0) is 4.79 Å². The molecule has 3 rings (SSSR count). The summed E-state index contributed by atoms with van der Waals surface area (Å²) < 4.78 is 5.81. The van der Waals surface area contributed by atoms with Crippen LogP contribution in [0.15, 0.2) is 39.2 Å². The van der Waals surface area contributed by atoms with E-state index in [2.05, 4.69) is 21.2 Å². The molecular formula is C16H14BrN3O5. The van der Waals surface area contributed by atoms with Crippen molar-refractivity contribution in [1.82, 2.24) is 4.90 Å². The van der Waals surface area contributed by atoms with E-state index in [-0.39, 0.29) is 30.7 Å². The van der Waals surface area contributed by atoms with Gasteiger partial charge in [-0.1, -0.05) is 15.9 Å². The molecule has 130 valence electrons. The molecule has 0 radical (unpaired) electrons. The van der Waals surface area contributed by atoms with Crippen molar-refractivity contribution >= 4 is 39.3 Å². The van der Waals surface area contributed by atoms with Crippen molar-refractivity contribution in [2.45, 2.75) is 6.92 Å². The Morgan fingerprint density at radius 2 is 2.04 bits per heavy atom. The number of carbonyl (C=O) groups excluding carboxylic acids is 2. The summed E-state index contributed by atoms with van der Waals surface area (Å²) in [5.74, 6) is -1.54. The lowest BCUT2D eigenvalue weighted by atomic mass is 9.98. The van der Waals surface area contributed by atoms with Crippen molar-refractivity contribution in [3.63, 3.8) is 0 Å². The lowest BCUT2D eigenvalue weighted by Gasteiger charge is -2.37. The monoisotopic (exact) mass is 407 g/mol. The van der Waals surface area contributed by atoms with Crippen LogP contribution in [0.5, 0.6) is 0 Å². The fourth-order valence-electron chi connectivity index (χ4n) is 2.51. The molecule has 1 aromatic heterocycles. The number of hydrogen-bond acceptors (Lipinski definition) is 5. The molecule has 1 aromatic carbocycles. The summed E-state index contributed by atoms with van der Waals surface area (Å²) >= 11 is 3.37. The minimum atomic E-state index is -0.705. The number of halogens is 1. The van der Waals surface area contributed by atoms with Crippen LogP contribution in [-0.4, -0.2) is 34.7 Å². The first-order chi connectivity index (χ1) is 11.8. The Morgan fingerprint density at radius 3 is 2.64 bits per heavy atom. The van der Waals surface area contributed by atoms with Crippen LogP contribution in [0.25, 0.3) is 0 Å². The standard InChI is InChI=1S/C16H14BrN3O5/c1-9-6-11(17)2-3-12(9)18-15(21)10-7-19(8-10)16(22)13-4-5-14(25-13)20(23)24/h2-6,10H,7-8H2,1H3,(H,18,21). The van der Waals surface area contributed by atoms with E-state index in [1.807, 2.05) is 19.1 Å². The Balaban J connectivity index is 1.57. The van der Waals surface area contributed by atoms with Crippen molar-refractivity contribution in [2.75, 3.05) is 18.4 Å². The van der Waals surface area contributed by atoms with Gasteiger partial charge in [0.15, 0.2) is 5.76 Å². The predicted molar refractivity (Wildman–Crippen MR) is 92.3 cm³/mol. The lowest BCUT2D eigenvalue weighted by molar-refractivity contribution is -0.402. The molecule has 1 saturated heterocycles. The van der Waals surface area contributed by atoms with Crippen LogP contribution in [0.1, 0.15) is 16.1 Å². The van der Waals surface area contributed by atoms with E-state index in [0.29, 0.717) is 0 Å². The van der Waals surface area contributed by atoms with Crippen LogP contribution in [0.4, 0.5) is 11.6 Å². The number of nitrogens with zero attached hydrogens (tertiary/aromatic N) is 2. The number of anilines is 1. The Kier molecular flexibility index (Phi) is 4.58. The normalized spacial score (nSPS) is 14.1. The molecular weight excluding hydrogens is 394 g/mol. The zero-order valence-corrected chi connectivity index (χ0v) is 14.8. The number of hydrogen-bond donors (Lipinski definition) is 1. The fourth-order valence-corrected chi connectivity index (χ4v) is 2.98. The third-order valence-corrected chi connectivity index (χ3v) is 4.46. The van der Waals surface area contributed by atoms with Gasteiger partial charge < -0.3 is 14.6 Å². The number of aryl methyl sites for hydroxylation is 1. The molecule has 1 fully saturated rings. The number of nitro groups is 1. The summed E-state index contributed by atoms with van der Waals surface area (Å²) in [7, 11) is 0. The van der Waals surface area contributed by atoms with Gasteiger partial charge in [-0.2, -0.15) is 0 Å². The first kappa shape index (κ1) is 17.2. The molecule has 2 amide bonds. The average Bonchev–Trinajstić information content (AvgIpc) is 2.98. The van der Waals surface area contributed by atoms with Crippen LogP contribution in [0.2, 0.25) is 0 Å². The number of amides is 2. The highest BCUT2D eigenvalue weighted by Crippen LogP contribution is 2.25. The molecule has 0 atom stereocenters. The molecule has 1 N–H and O–H groups in total. The number of carbonyl (C=O) groups is 2. The summed E-state index contributed by atoms with van der Waals surface area (Å²) in [6.07, 6.45) is 0. The quantitative estimate of drug-likeness (QED) is 0.619. The highest BCUT2D eigenvalue weighted by Gasteiger charge is 2.37. The van der Waals surface area contributed by atoms with Crippen molar-refractivity contribution in [3.8, 4) is 0 Å². The van der Waals surface area contributed by atoms with Gasteiger partial charge in [-0.15, -0.1) is 0 Å². The molecule has 0 unspecified atom stereocenters. The second-order valence-electron chi connectivity index (χ2n) is 5.75. The minimum Gasteiger partial charge on any atom is -0.395 e. The summed E-state index contributed by atoms with van der Waals surface area (Å²) in [6.45, 7) is 2.38. The second-order valence-corrected chi connectivity index (χ2v) is 6.67.